The standard InChI is InChI=1S/C10H17NO/c1-10(2)6-8-5-9(12)3-4-11(8)7-10/h8H,3-7H2,1-2H3/t8-/m1/s1. The highest BCUT2D eigenvalue weighted by atomic mass is 16.1. The number of Topliss-reactive ketones (excluding diaryl/α,β-unsaturated/α-hetero) is 1. The SMILES string of the molecule is CC1(C)C[C@H]2CC(=O)CCN2C1. The van der Waals surface area contributed by atoms with Gasteiger partial charge in [-0.15, -0.1) is 0 Å². The van der Waals surface area contributed by atoms with Crippen molar-refractivity contribution in [1.82, 2.24) is 4.90 Å². The van der Waals surface area contributed by atoms with Crippen molar-refractivity contribution in [2.75, 3.05) is 13.1 Å². The Kier molecular flexibility index (Phi) is 1.76. The molecule has 1 atom stereocenters. The summed E-state index contributed by atoms with van der Waals surface area (Å²) in [5.41, 5.74) is 0.440. The molecule has 2 aliphatic heterocycles. The number of carbonyl (C=O) groups excluding carboxylic acids is 1. The van der Waals surface area contributed by atoms with Gasteiger partial charge in [0.2, 0.25) is 0 Å². The van der Waals surface area contributed by atoms with Crippen LogP contribution in [0.2, 0.25) is 0 Å². The summed E-state index contributed by atoms with van der Waals surface area (Å²) in [6.07, 6.45) is 2.80. The molecule has 68 valence electrons. The summed E-state index contributed by atoms with van der Waals surface area (Å²) in [5, 5.41) is 0. The zero-order valence-electron chi connectivity index (χ0n) is 7.97. The first-order valence-electron chi connectivity index (χ1n) is 4.83. The Morgan fingerprint density at radius 3 is 3.00 bits per heavy atom. The van der Waals surface area contributed by atoms with Crippen LogP contribution >= 0.6 is 0 Å². The van der Waals surface area contributed by atoms with Crippen molar-refractivity contribution in [2.45, 2.75) is 39.2 Å². The minimum absolute atomic E-state index is 0.440. The number of nitrogens with zero attached hydrogens (tertiary/aromatic N) is 1. The Hall–Kier alpha value is -0.370. The fraction of sp³-hybridized carbons (Fsp3) is 0.900. The summed E-state index contributed by atoms with van der Waals surface area (Å²) in [4.78, 5) is 13.7. The van der Waals surface area contributed by atoms with Crippen LogP contribution in [0.5, 0.6) is 0 Å². The van der Waals surface area contributed by atoms with Crippen LogP contribution in [0.25, 0.3) is 0 Å². The number of piperidine rings is 1. The Balaban J connectivity index is 2.07. The van der Waals surface area contributed by atoms with Crippen molar-refractivity contribution in [3.05, 3.63) is 0 Å². The quantitative estimate of drug-likeness (QED) is 0.544. The lowest BCUT2D eigenvalue weighted by Gasteiger charge is -2.28. The average Bonchev–Trinajstić information content (AvgIpc) is 2.21. The second-order valence-corrected chi connectivity index (χ2v) is 4.99. The highest BCUT2D eigenvalue weighted by molar-refractivity contribution is 5.80. The Morgan fingerprint density at radius 2 is 2.25 bits per heavy atom. The lowest BCUT2D eigenvalue weighted by atomic mass is 9.89. The largest absolute Gasteiger partial charge is 0.300 e. The first-order chi connectivity index (χ1) is 5.57. The monoisotopic (exact) mass is 167 g/mol. The molecule has 2 rings (SSSR count). The van der Waals surface area contributed by atoms with Gasteiger partial charge in [-0.05, 0) is 11.8 Å². The predicted octanol–water partition coefficient (Wildman–Crippen LogP) is 1.45. The third kappa shape index (κ3) is 1.40. The summed E-state index contributed by atoms with van der Waals surface area (Å²) in [5.74, 6) is 0.467. The lowest BCUT2D eigenvalue weighted by molar-refractivity contribution is -0.122. The van der Waals surface area contributed by atoms with E-state index in [0.717, 1.165) is 19.4 Å². The number of fused-ring (bicyclic) bond motifs is 1. The number of hydrogen-bond donors (Lipinski definition) is 0. The van der Waals surface area contributed by atoms with E-state index in [9.17, 15) is 4.79 Å². The topological polar surface area (TPSA) is 20.3 Å². The molecule has 0 N–H and O–H groups in total. The van der Waals surface area contributed by atoms with Crippen LogP contribution < -0.4 is 0 Å². The van der Waals surface area contributed by atoms with Crippen molar-refractivity contribution in [1.29, 1.82) is 0 Å². The molecule has 0 spiro atoms. The summed E-state index contributed by atoms with van der Waals surface area (Å²) >= 11 is 0. The van der Waals surface area contributed by atoms with E-state index < -0.39 is 0 Å². The van der Waals surface area contributed by atoms with Crippen molar-refractivity contribution in [3.8, 4) is 0 Å². The van der Waals surface area contributed by atoms with Crippen LogP contribution in [-0.2, 0) is 4.79 Å². The van der Waals surface area contributed by atoms with Gasteiger partial charge in [0, 0.05) is 32.0 Å². The summed E-state index contributed by atoms with van der Waals surface area (Å²) in [6.45, 7) is 6.80. The van der Waals surface area contributed by atoms with E-state index in [0.29, 0.717) is 17.2 Å². The summed E-state index contributed by atoms with van der Waals surface area (Å²) in [6, 6.07) is 0.571. The normalized spacial score (nSPS) is 35.2. The fourth-order valence-electron chi connectivity index (χ4n) is 2.61. The highest BCUT2D eigenvalue weighted by Gasteiger charge is 2.40. The van der Waals surface area contributed by atoms with Crippen molar-refractivity contribution >= 4 is 5.78 Å². The minimum Gasteiger partial charge on any atom is -0.300 e. The highest BCUT2D eigenvalue weighted by Crippen LogP contribution is 2.37. The van der Waals surface area contributed by atoms with E-state index in [1.165, 1.54) is 13.0 Å². The van der Waals surface area contributed by atoms with Crippen LogP contribution in [0.4, 0.5) is 0 Å². The molecule has 0 unspecified atom stereocenters. The molecule has 2 saturated heterocycles. The maximum atomic E-state index is 11.2. The molecule has 0 aromatic rings. The Labute approximate surface area is 73.9 Å². The van der Waals surface area contributed by atoms with E-state index in [1.807, 2.05) is 0 Å². The van der Waals surface area contributed by atoms with Crippen molar-refractivity contribution < 1.29 is 4.79 Å². The third-order valence-corrected chi connectivity index (χ3v) is 3.08. The fourth-order valence-corrected chi connectivity index (χ4v) is 2.61. The van der Waals surface area contributed by atoms with Crippen LogP contribution in [0.3, 0.4) is 0 Å². The van der Waals surface area contributed by atoms with Crippen LogP contribution in [-0.4, -0.2) is 29.8 Å². The van der Waals surface area contributed by atoms with E-state index in [1.54, 1.807) is 0 Å². The average molecular weight is 167 g/mol. The van der Waals surface area contributed by atoms with Crippen LogP contribution in [0, 0.1) is 5.41 Å². The third-order valence-electron chi connectivity index (χ3n) is 3.08. The first-order valence-corrected chi connectivity index (χ1v) is 4.83. The maximum absolute atomic E-state index is 11.2. The molecule has 2 nitrogen and oxygen atoms in total. The molecule has 0 aromatic heterocycles. The van der Waals surface area contributed by atoms with Gasteiger partial charge in [-0.25, -0.2) is 0 Å². The van der Waals surface area contributed by atoms with Gasteiger partial charge >= 0.3 is 0 Å². The number of ketones is 1. The van der Waals surface area contributed by atoms with Gasteiger partial charge < -0.3 is 0 Å². The lowest BCUT2D eigenvalue weighted by Crippen LogP contribution is -2.38. The van der Waals surface area contributed by atoms with Gasteiger partial charge in [0.15, 0.2) is 0 Å². The Bertz CT molecular complexity index is 210. The summed E-state index contributed by atoms with van der Waals surface area (Å²) < 4.78 is 0. The predicted molar refractivity (Wildman–Crippen MR) is 48.0 cm³/mol. The smallest absolute Gasteiger partial charge is 0.135 e. The van der Waals surface area contributed by atoms with Crippen LogP contribution in [0.1, 0.15) is 33.1 Å². The number of hydrogen-bond acceptors (Lipinski definition) is 2. The van der Waals surface area contributed by atoms with Gasteiger partial charge in [0.25, 0.3) is 0 Å². The molecular formula is C10H17NO. The van der Waals surface area contributed by atoms with Gasteiger partial charge in [0.05, 0.1) is 0 Å². The van der Waals surface area contributed by atoms with Gasteiger partial charge in [0.1, 0.15) is 5.78 Å². The number of carbonyl (C=O) groups is 1. The molecule has 0 bridgehead atoms. The van der Waals surface area contributed by atoms with E-state index in [4.69, 9.17) is 0 Å². The van der Waals surface area contributed by atoms with E-state index in [-0.39, 0.29) is 0 Å². The molecule has 12 heavy (non-hydrogen) atoms. The Morgan fingerprint density at radius 1 is 1.50 bits per heavy atom. The second-order valence-electron chi connectivity index (χ2n) is 4.99. The van der Waals surface area contributed by atoms with Gasteiger partial charge in [-0.1, -0.05) is 13.8 Å². The second kappa shape index (κ2) is 2.56. The molecule has 0 radical (unpaired) electrons. The van der Waals surface area contributed by atoms with Gasteiger partial charge in [-0.3, -0.25) is 9.69 Å². The van der Waals surface area contributed by atoms with Crippen molar-refractivity contribution in [2.24, 2.45) is 5.41 Å². The molecule has 2 fully saturated rings. The molecule has 2 heterocycles. The summed E-state index contributed by atoms with van der Waals surface area (Å²) in [7, 11) is 0. The molecule has 0 aromatic carbocycles. The molecule has 2 heteroatoms. The van der Waals surface area contributed by atoms with Gasteiger partial charge in [-0.2, -0.15) is 0 Å². The van der Waals surface area contributed by atoms with E-state index in [2.05, 4.69) is 18.7 Å². The molecule has 0 amide bonds. The molecule has 0 saturated carbocycles. The zero-order valence-corrected chi connectivity index (χ0v) is 7.97. The maximum Gasteiger partial charge on any atom is 0.135 e. The number of rotatable bonds is 0. The molecule has 0 aliphatic carbocycles. The molecule has 2 aliphatic rings. The first kappa shape index (κ1) is 8.24. The minimum atomic E-state index is 0.440. The van der Waals surface area contributed by atoms with Crippen molar-refractivity contribution in [3.63, 3.8) is 0 Å². The molecular weight excluding hydrogens is 150 g/mol. The zero-order chi connectivity index (χ0) is 8.77. The van der Waals surface area contributed by atoms with E-state index >= 15 is 0 Å². The van der Waals surface area contributed by atoms with Crippen LogP contribution in [0.15, 0.2) is 0 Å².